The normalized spacial score (nSPS) is 17.8. The highest BCUT2D eigenvalue weighted by Gasteiger charge is 2.28. The SMILES string of the molecule is CNc1conc1C1Cc2cc(C)cc(C)c2C1. The molecule has 1 atom stereocenters. The van der Waals surface area contributed by atoms with E-state index in [9.17, 15) is 0 Å². The molecule has 0 fully saturated rings. The lowest BCUT2D eigenvalue weighted by Crippen LogP contribution is -2.02. The van der Waals surface area contributed by atoms with Gasteiger partial charge in [-0.05, 0) is 43.4 Å². The van der Waals surface area contributed by atoms with Gasteiger partial charge in [-0.1, -0.05) is 22.9 Å². The second kappa shape index (κ2) is 4.16. The Bertz CT molecular complexity index is 586. The van der Waals surface area contributed by atoms with Crippen LogP contribution in [0.4, 0.5) is 5.69 Å². The van der Waals surface area contributed by atoms with Crippen LogP contribution in [-0.4, -0.2) is 12.2 Å². The van der Waals surface area contributed by atoms with Crippen LogP contribution in [0, 0.1) is 13.8 Å². The minimum Gasteiger partial charge on any atom is -0.384 e. The molecule has 3 rings (SSSR count). The maximum Gasteiger partial charge on any atom is 0.147 e. The van der Waals surface area contributed by atoms with Gasteiger partial charge in [-0.15, -0.1) is 0 Å². The van der Waals surface area contributed by atoms with Crippen molar-refractivity contribution in [2.75, 3.05) is 12.4 Å². The molecule has 1 N–H and O–H groups in total. The molecule has 0 saturated heterocycles. The number of benzene rings is 1. The highest BCUT2D eigenvalue weighted by molar-refractivity contribution is 5.51. The zero-order chi connectivity index (χ0) is 12.7. The third-order valence-corrected chi connectivity index (χ3v) is 3.88. The van der Waals surface area contributed by atoms with Crippen LogP contribution in [0.5, 0.6) is 0 Å². The second-order valence-corrected chi connectivity index (χ2v) is 5.19. The summed E-state index contributed by atoms with van der Waals surface area (Å²) in [6.07, 6.45) is 3.83. The maximum absolute atomic E-state index is 5.09. The first-order valence-corrected chi connectivity index (χ1v) is 6.40. The Balaban J connectivity index is 1.96. The Kier molecular flexibility index (Phi) is 2.62. The summed E-state index contributed by atoms with van der Waals surface area (Å²) in [5, 5.41) is 7.32. The average molecular weight is 242 g/mol. The Morgan fingerprint density at radius 3 is 2.89 bits per heavy atom. The lowest BCUT2D eigenvalue weighted by atomic mass is 10.0. The maximum atomic E-state index is 5.09. The molecule has 94 valence electrons. The second-order valence-electron chi connectivity index (χ2n) is 5.19. The zero-order valence-corrected chi connectivity index (χ0v) is 11.1. The van der Waals surface area contributed by atoms with E-state index >= 15 is 0 Å². The number of hydrogen-bond acceptors (Lipinski definition) is 3. The summed E-state index contributed by atoms with van der Waals surface area (Å²) in [6, 6.07) is 4.57. The molecule has 2 aromatic rings. The van der Waals surface area contributed by atoms with Crippen molar-refractivity contribution in [3.63, 3.8) is 0 Å². The van der Waals surface area contributed by atoms with Crippen LogP contribution in [0.1, 0.15) is 33.9 Å². The van der Waals surface area contributed by atoms with Crippen molar-refractivity contribution in [3.8, 4) is 0 Å². The van der Waals surface area contributed by atoms with Crippen LogP contribution in [0.2, 0.25) is 0 Å². The number of nitrogens with zero attached hydrogens (tertiary/aromatic N) is 1. The van der Waals surface area contributed by atoms with Gasteiger partial charge in [-0.3, -0.25) is 0 Å². The minimum absolute atomic E-state index is 0.446. The average Bonchev–Trinajstić information content (AvgIpc) is 2.92. The first-order chi connectivity index (χ1) is 8.69. The quantitative estimate of drug-likeness (QED) is 0.878. The number of rotatable bonds is 2. The van der Waals surface area contributed by atoms with E-state index in [0.717, 1.165) is 24.2 Å². The molecule has 18 heavy (non-hydrogen) atoms. The number of hydrogen-bond donors (Lipinski definition) is 1. The smallest absolute Gasteiger partial charge is 0.147 e. The summed E-state index contributed by atoms with van der Waals surface area (Å²) in [5.74, 6) is 0.446. The molecule has 0 spiro atoms. The van der Waals surface area contributed by atoms with Crippen molar-refractivity contribution in [2.45, 2.75) is 32.6 Å². The van der Waals surface area contributed by atoms with Crippen LogP contribution in [0.25, 0.3) is 0 Å². The molecule has 1 heterocycles. The number of nitrogens with one attached hydrogen (secondary N) is 1. The molecule has 1 aromatic heterocycles. The largest absolute Gasteiger partial charge is 0.384 e. The third kappa shape index (κ3) is 1.70. The first kappa shape index (κ1) is 11.3. The van der Waals surface area contributed by atoms with E-state index in [-0.39, 0.29) is 0 Å². The molecule has 0 saturated carbocycles. The van der Waals surface area contributed by atoms with Crippen molar-refractivity contribution < 1.29 is 4.52 Å². The van der Waals surface area contributed by atoms with E-state index in [1.165, 1.54) is 22.3 Å². The number of aromatic nitrogens is 1. The summed E-state index contributed by atoms with van der Waals surface area (Å²) >= 11 is 0. The topological polar surface area (TPSA) is 38.1 Å². The van der Waals surface area contributed by atoms with Crippen molar-refractivity contribution in [1.29, 1.82) is 0 Å². The van der Waals surface area contributed by atoms with Crippen LogP contribution in [0.3, 0.4) is 0 Å². The van der Waals surface area contributed by atoms with Gasteiger partial charge in [-0.25, -0.2) is 0 Å². The van der Waals surface area contributed by atoms with Gasteiger partial charge in [0.2, 0.25) is 0 Å². The van der Waals surface area contributed by atoms with Gasteiger partial charge in [0, 0.05) is 13.0 Å². The van der Waals surface area contributed by atoms with Crippen molar-refractivity contribution in [1.82, 2.24) is 5.16 Å². The van der Waals surface area contributed by atoms with E-state index in [2.05, 4.69) is 36.5 Å². The summed E-state index contributed by atoms with van der Waals surface area (Å²) in [6.45, 7) is 4.37. The fourth-order valence-electron chi connectivity index (χ4n) is 3.06. The van der Waals surface area contributed by atoms with Gasteiger partial charge in [0.05, 0.1) is 5.69 Å². The predicted molar refractivity (Wildman–Crippen MR) is 72.1 cm³/mol. The predicted octanol–water partition coefficient (Wildman–Crippen LogP) is 3.22. The van der Waals surface area contributed by atoms with E-state index in [4.69, 9.17) is 4.52 Å². The molecule has 0 bridgehead atoms. The summed E-state index contributed by atoms with van der Waals surface area (Å²) in [5.41, 5.74) is 7.80. The van der Waals surface area contributed by atoms with Gasteiger partial charge in [0.1, 0.15) is 12.0 Å². The molecule has 1 aliphatic rings. The number of anilines is 1. The summed E-state index contributed by atoms with van der Waals surface area (Å²) in [7, 11) is 1.91. The molecule has 3 heteroatoms. The molecule has 1 unspecified atom stereocenters. The van der Waals surface area contributed by atoms with E-state index < -0.39 is 0 Å². The van der Waals surface area contributed by atoms with Crippen molar-refractivity contribution in [3.05, 3.63) is 46.3 Å². The third-order valence-electron chi connectivity index (χ3n) is 3.88. The Morgan fingerprint density at radius 2 is 2.11 bits per heavy atom. The monoisotopic (exact) mass is 242 g/mol. The minimum atomic E-state index is 0.446. The van der Waals surface area contributed by atoms with Crippen LogP contribution in [-0.2, 0) is 12.8 Å². The van der Waals surface area contributed by atoms with E-state index in [1.807, 2.05) is 7.05 Å². The van der Waals surface area contributed by atoms with Crippen LogP contribution in [0.15, 0.2) is 22.9 Å². The van der Waals surface area contributed by atoms with Gasteiger partial charge in [0.15, 0.2) is 0 Å². The highest BCUT2D eigenvalue weighted by Crippen LogP contribution is 2.38. The number of aryl methyl sites for hydroxylation is 2. The molecule has 0 aliphatic heterocycles. The molecule has 3 nitrogen and oxygen atoms in total. The first-order valence-electron chi connectivity index (χ1n) is 6.40. The molecular formula is C15H18N2O. The van der Waals surface area contributed by atoms with Crippen LogP contribution < -0.4 is 5.32 Å². The van der Waals surface area contributed by atoms with Crippen LogP contribution >= 0.6 is 0 Å². The zero-order valence-electron chi connectivity index (χ0n) is 11.1. The lowest BCUT2D eigenvalue weighted by Gasteiger charge is -2.07. The molecule has 0 radical (unpaired) electrons. The Morgan fingerprint density at radius 1 is 1.28 bits per heavy atom. The molecular weight excluding hydrogens is 224 g/mol. The fourth-order valence-corrected chi connectivity index (χ4v) is 3.06. The van der Waals surface area contributed by atoms with E-state index in [0.29, 0.717) is 5.92 Å². The van der Waals surface area contributed by atoms with Gasteiger partial charge < -0.3 is 9.84 Å². The Hall–Kier alpha value is -1.77. The van der Waals surface area contributed by atoms with E-state index in [1.54, 1.807) is 6.26 Å². The summed E-state index contributed by atoms with van der Waals surface area (Å²) in [4.78, 5) is 0. The van der Waals surface area contributed by atoms with Crippen molar-refractivity contribution in [2.24, 2.45) is 0 Å². The highest BCUT2D eigenvalue weighted by atomic mass is 16.5. The lowest BCUT2D eigenvalue weighted by molar-refractivity contribution is 0.405. The molecule has 0 amide bonds. The standard InChI is InChI=1S/C15H18N2O/c1-9-4-10(2)13-7-12(6-11(13)5-9)15-14(16-3)8-18-17-15/h4-5,8,12,16H,6-7H2,1-3H3. The fraction of sp³-hybridized carbons (Fsp3) is 0.400. The van der Waals surface area contributed by atoms with Gasteiger partial charge in [-0.2, -0.15) is 0 Å². The van der Waals surface area contributed by atoms with Gasteiger partial charge in [0.25, 0.3) is 0 Å². The molecule has 1 aliphatic carbocycles. The van der Waals surface area contributed by atoms with Gasteiger partial charge >= 0.3 is 0 Å². The summed E-state index contributed by atoms with van der Waals surface area (Å²) < 4.78 is 5.09. The molecule has 1 aromatic carbocycles. The van der Waals surface area contributed by atoms with Crippen molar-refractivity contribution >= 4 is 5.69 Å². The number of fused-ring (bicyclic) bond motifs is 1. The Labute approximate surface area is 107 Å².